The Labute approximate surface area is 83.3 Å². The number of nitrogens with one attached hydrogen (secondary N) is 1. The maximum absolute atomic E-state index is 13.1. The first-order chi connectivity index (χ1) is 6.74. The molecule has 0 aromatic heterocycles. The Balaban J connectivity index is 2.73. The van der Waals surface area contributed by atoms with Gasteiger partial charge in [0.15, 0.2) is 0 Å². The third-order valence-electron chi connectivity index (χ3n) is 1.71. The second-order valence-electron chi connectivity index (χ2n) is 2.89. The molecule has 0 aliphatic heterocycles. The minimum atomic E-state index is -0.323. The van der Waals surface area contributed by atoms with Crippen molar-refractivity contribution in [1.29, 1.82) is 0 Å². The quantitative estimate of drug-likeness (QED) is 0.422. The first-order valence-electron chi connectivity index (χ1n) is 4.42. The van der Waals surface area contributed by atoms with Crippen LogP contribution in [0.2, 0.25) is 0 Å². The van der Waals surface area contributed by atoms with Gasteiger partial charge in [-0.3, -0.25) is 0 Å². The number of hydrogen-bond acceptors (Lipinski definition) is 2. The zero-order valence-corrected chi connectivity index (χ0v) is 8.10. The number of nitrogens with two attached hydrogens (primary N) is 1. The third kappa shape index (κ3) is 3.08. The van der Waals surface area contributed by atoms with E-state index in [0.29, 0.717) is 17.7 Å². The van der Waals surface area contributed by atoms with Gasteiger partial charge in [0.05, 0.1) is 5.56 Å². The van der Waals surface area contributed by atoms with E-state index in [1.54, 1.807) is 6.07 Å². The number of anilines is 1. The summed E-state index contributed by atoms with van der Waals surface area (Å²) in [6, 6.07) is 4.40. The van der Waals surface area contributed by atoms with E-state index in [0.717, 1.165) is 6.54 Å². The van der Waals surface area contributed by atoms with Gasteiger partial charge in [-0.25, -0.2) is 4.39 Å². The van der Waals surface area contributed by atoms with Crippen molar-refractivity contribution in [2.75, 3.05) is 19.3 Å². The predicted octanol–water partition coefficient (Wildman–Crippen LogP) is 1.37. The van der Waals surface area contributed by atoms with Crippen molar-refractivity contribution in [3.8, 4) is 11.8 Å². The Morgan fingerprint density at radius 3 is 3.00 bits per heavy atom. The fraction of sp³-hybridized carbons (Fsp3) is 0.273. The van der Waals surface area contributed by atoms with E-state index in [-0.39, 0.29) is 5.82 Å². The Bertz CT molecular complexity index is 363. The van der Waals surface area contributed by atoms with Crippen LogP contribution < -0.4 is 11.1 Å². The summed E-state index contributed by atoms with van der Waals surface area (Å²) < 4.78 is 13.1. The second kappa shape index (κ2) is 5.25. The van der Waals surface area contributed by atoms with Gasteiger partial charge in [-0.2, -0.15) is 0 Å². The number of halogens is 1. The van der Waals surface area contributed by atoms with Crippen molar-refractivity contribution < 1.29 is 4.39 Å². The summed E-state index contributed by atoms with van der Waals surface area (Å²) in [6.45, 7) is 0.803. The third-order valence-corrected chi connectivity index (χ3v) is 1.71. The lowest BCUT2D eigenvalue weighted by atomic mass is 10.2. The molecular weight excluding hydrogens is 179 g/mol. The fourth-order valence-corrected chi connectivity index (χ4v) is 0.984. The van der Waals surface area contributed by atoms with Gasteiger partial charge in [-0.05, 0) is 25.2 Å². The van der Waals surface area contributed by atoms with Crippen LogP contribution in [-0.2, 0) is 0 Å². The summed E-state index contributed by atoms with van der Waals surface area (Å²) in [5.41, 5.74) is 6.41. The van der Waals surface area contributed by atoms with Crippen LogP contribution in [0.3, 0.4) is 0 Å². The first-order valence-corrected chi connectivity index (χ1v) is 4.42. The molecule has 0 radical (unpaired) electrons. The van der Waals surface area contributed by atoms with Crippen molar-refractivity contribution >= 4 is 5.69 Å². The van der Waals surface area contributed by atoms with Gasteiger partial charge in [0, 0.05) is 18.7 Å². The molecule has 0 aliphatic carbocycles. The molecule has 3 N–H and O–H groups in total. The molecule has 2 nitrogen and oxygen atoms in total. The number of nitrogen functional groups attached to an aromatic ring is 1. The van der Waals surface area contributed by atoms with Crippen LogP contribution in [-0.4, -0.2) is 13.6 Å². The highest BCUT2D eigenvalue weighted by Crippen LogP contribution is 2.10. The van der Waals surface area contributed by atoms with Gasteiger partial charge in [-0.15, -0.1) is 0 Å². The second-order valence-corrected chi connectivity index (χ2v) is 2.89. The molecule has 0 saturated heterocycles. The molecular formula is C11H13FN2. The zero-order valence-electron chi connectivity index (χ0n) is 8.10. The SMILES string of the molecule is CNCCC#Cc1cc(N)ccc1F. The van der Waals surface area contributed by atoms with E-state index in [1.807, 2.05) is 7.05 Å². The van der Waals surface area contributed by atoms with Gasteiger partial charge in [0.1, 0.15) is 5.82 Å². The molecule has 1 aromatic rings. The van der Waals surface area contributed by atoms with Crippen LogP contribution >= 0.6 is 0 Å². The maximum Gasteiger partial charge on any atom is 0.138 e. The van der Waals surface area contributed by atoms with Gasteiger partial charge in [0.25, 0.3) is 0 Å². The van der Waals surface area contributed by atoms with Crippen molar-refractivity contribution in [3.05, 3.63) is 29.6 Å². The Morgan fingerprint density at radius 1 is 1.50 bits per heavy atom. The molecule has 14 heavy (non-hydrogen) atoms. The number of benzene rings is 1. The van der Waals surface area contributed by atoms with E-state index in [9.17, 15) is 4.39 Å². The van der Waals surface area contributed by atoms with Crippen LogP contribution in [0.4, 0.5) is 10.1 Å². The van der Waals surface area contributed by atoms with Crippen LogP contribution in [0.15, 0.2) is 18.2 Å². The topological polar surface area (TPSA) is 38.0 Å². The number of hydrogen-bond donors (Lipinski definition) is 2. The van der Waals surface area contributed by atoms with E-state index < -0.39 is 0 Å². The molecule has 0 heterocycles. The molecule has 0 bridgehead atoms. The highest BCUT2D eigenvalue weighted by molar-refractivity contribution is 5.47. The van der Waals surface area contributed by atoms with Gasteiger partial charge in [0.2, 0.25) is 0 Å². The lowest BCUT2D eigenvalue weighted by Gasteiger charge is -1.95. The van der Waals surface area contributed by atoms with Crippen molar-refractivity contribution in [1.82, 2.24) is 5.32 Å². The van der Waals surface area contributed by atoms with Crippen LogP contribution in [0.25, 0.3) is 0 Å². The van der Waals surface area contributed by atoms with Gasteiger partial charge < -0.3 is 11.1 Å². The average Bonchev–Trinajstić information content (AvgIpc) is 2.18. The molecule has 0 fully saturated rings. The minimum Gasteiger partial charge on any atom is -0.399 e. The fourth-order valence-electron chi connectivity index (χ4n) is 0.984. The Hall–Kier alpha value is -1.53. The predicted molar refractivity (Wildman–Crippen MR) is 56.2 cm³/mol. The highest BCUT2D eigenvalue weighted by Gasteiger charge is 1.97. The molecule has 0 saturated carbocycles. The highest BCUT2D eigenvalue weighted by atomic mass is 19.1. The smallest absolute Gasteiger partial charge is 0.138 e. The Morgan fingerprint density at radius 2 is 2.29 bits per heavy atom. The summed E-state index contributed by atoms with van der Waals surface area (Å²) >= 11 is 0. The molecule has 3 heteroatoms. The van der Waals surface area contributed by atoms with Crippen molar-refractivity contribution in [2.45, 2.75) is 6.42 Å². The van der Waals surface area contributed by atoms with Crippen LogP contribution in [0.5, 0.6) is 0 Å². The zero-order chi connectivity index (χ0) is 10.4. The summed E-state index contributed by atoms with van der Waals surface area (Å²) in [7, 11) is 1.85. The largest absolute Gasteiger partial charge is 0.399 e. The molecule has 0 unspecified atom stereocenters. The minimum absolute atomic E-state index is 0.323. The lowest BCUT2D eigenvalue weighted by molar-refractivity contribution is 0.624. The maximum atomic E-state index is 13.1. The molecule has 74 valence electrons. The van der Waals surface area contributed by atoms with Gasteiger partial charge >= 0.3 is 0 Å². The molecule has 0 spiro atoms. The summed E-state index contributed by atoms with van der Waals surface area (Å²) in [5.74, 6) is 5.28. The summed E-state index contributed by atoms with van der Waals surface area (Å²) in [4.78, 5) is 0. The van der Waals surface area contributed by atoms with Crippen molar-refractivity contribution in [2.24, 2.45) is 0 Å². The first kappa shape index (κ1) is 10.6. The van der Waals surface area contributed by atoms with E-state index >= 15 is 0 Å². The average molecular weight is 192 g/mol. The summed E-state index contributed by atoms with van der Waals surface area (Å²) in [6.07, 6.45) is 0.699. The standard InChI is InChI=1S/C11H13FN2/c1-14-7-3-2-4-9-8-10(13)5-6-11(9)12/h5-6,8,14H,3,7,13H2,1H3. The molecule has 1 rings (SSSR count). The lowest BCUT2D eigenvalue weighted by Crippen LogP contribution is -2.05. The normalized spacial score (nSPS) is 9.29. The monoisotopic (exact) mass is 192 g/mol. The van der Waals surface area contributed by atoms with Crippen LogP contribution in [0.1, 0.15) is 12.0 Å². The van der Waals surface area contributed by atoms with Gasteiger partial charge in [-0.1, -0.05) is 11.8 Å². The van der Waals surface area contributed by atoms with Crippen LogP contribution in [0, 0.1) is 17.7 Å². The van der Waals surface area contributed by atoms with E-state index in [1.165, 1.54) is 12.1 Å². The molecule has 1 aromatic carbocycles. The Kier molecular flexibility index (Phi) is 3.96. The van der Waals surface area contributed by atoms with E-state index in [2.05, 4.69) is 17.2 Å². The number of rotatable bonds is 2. The summed E-state index contributed by atoms with van der Waals surface area (Å²) in [5, 5.41) is 2.96. The molecule has 0 atom stereocenters. The van der Waals surface area contributed by atoms with E-state index in [4.69, 9.17) is 5.73 Å². The molecule has 0 aliphatic rings. The van der Waals surface area contributed by atoms with Crippen molar-refractivity contribution in [3.63, 3.8) is 0 Å². The molecule has 0 amide bonds.